The average molecular weight is 186 g/mol. The number of hydrogen-bond acceptors (Lipinski definition) is 3. The SMILES string of the molecule is CC1(C)CC(C(N)=NO)C(C)(C)O1. The van der Waals surface area contributed by atoms with Crippen molar-refractivity contribution in [2.45, 2.75) is 45.3 Å². The zero-order chi connectivity index (χ0) is 10.3. The van der Waals surface area contributed by atoms with Gasteiger partial charge in [0.2, 0.25) is 0 Å². The van der Waals surface area contributed by atoms with Crippen LogP contribution in [0.15, 0.2) is 5.16 Å². The van der Waals surface area contributed by atoms with Crippen molar-refractivity contribution in [2.75, 3.05) is 0 Å². The van der Waals surface area contributed by atoms with Gasteiger partial charge in [0, 0.05) is 0 Å². The predicted molar refractivity (Wildman–Crippen MR) is 50.8 cm³/mol. The lowest BCUT2D eigenvalue weighted by atomic mass is 9.86. The minimum Gasteiger partial charge on any atom is -0.409 e. The Morgan fingerprint density at radius 3 is 2.31 bits per heavy atom. The van der Waals surface area contributed by atoms with Gasteiger partial charge < -0.3 is 15.7 Å². The standard InChI is InChI=1S/C9H18N2O2/c1-8(2)5-6(7(10)11-12)9(3,4)13-8/h6,12H,5H2,1-4H3,(H2,10,11). The van der Waals surface area contributed by atoms with Gasteiger partial charge in [0.05, 0.1) is 17.1 Å². The lowest BCUT2D eigenvalue weighted by Gasteiger charge is -2.26. The average Bonchev–Trinajstić information content (AvgIpc) is 2.17. The van der Waals surface area contributed by atoms with E-state index in [0.717, 1.165) is 6.42 Å². The maximum atomic E-state index is 8.61. The maximum Gasteiger partial charge on any atom is 0.145 e. The van der Waals surface area contributed by atoms with Gasteiger partial charge in [0.25, 0.3) is 0 Å². The summed E-state index contributed by atoms with van der Waals surface area (Å²) in [5.74, 6) is 0.253. The van der Waals surface area contributed by atoms with Crippen molar-refractivity contribution in [1.29, 1.82) is 0 Å². The van der Waals surface area contributed by atoms with Crippen LogP contribution in [0.3, 0.4) is 0 Å². The Balaban J connectivity index is 2.89. The van der Waals surface area contributed by atoms with Crippen molar-refractivity contribution >= 4 is 5.84 Å². The highest BCUT2D eigenvalue weighted by molar-refractivity contribution is 5.83. The summed E-state index contributed by atoms with van der Waals surface area (Å²) in [6.07, 6.45) is 0.788. The van der Waals surface area contributed by atoms with Crippen LogP contribution in [0.25, 0.3) is 0 Å². The molecule has 0 radical (unpaired) electrons. The molecule has 1 unspecified atom stereocenters. The van der Waals surface area contributed by atoms with E-state index >= 15 is 0 Å². The first-order valence-corrected chi connectivity index (χ1v) is 4.46. The molecule has 76 valence electrons. The number of nitrogens with zero attached hydrogens (tertiary/aromatic N) is 1. The Kier molecular flexibility index (Phi) is 2.28. The van der Waals surface area contributed by atoms with E-state index in [1.54, 1.807) is 0 Å². The third-order valence-electron chi connectivity index (χ3n) is 2.55. The molecule has 4 heteroatoms. The molecule has 3 N–H and O–H groups in total. The summed E-state index contributed by atoms with van der Waals surface area (Å²) in [6, 6.07) is 0. The van der Waals surface area contributed by atoms with E-state index in [1.165, 1.54) is 0 Å². The second kappa shape index (κ2) is 2.87. The Bertz CT molecular complexity index is 234. The van der Waals surface area contributed by atoms with E-state index in [1.807, 2.05) is 27.7 Å². The Hall–Kier alpha value is -0.770. The summed E-state index contributed by atoms with van der Waals surface area (Å²) in [4.78, 5) is 0. The Labute approximate surface area is 78.7 Å². The van der Waals surface area contributed by atoms with Gasteiger partial charge >= 0.3 is 0 Å². The summed E-state index contributed by atoms with van der Waals surface area (Å²) in [5.41, 5.74) is 5.06. The molecule has 4 nitrogen and oxygen atoms in total. The van der Waals surface area contributed by atoms with Crippen LogP contribution in [0.2, 0.25) is 0 Å². The van der Waals surface area contributed by atoms with Crippen molar-refractivity contribution < 1.29 is 9.94 Å². The van der Waals surface area contributed by atoms with Crippen molar-refractivity contribution in [3.63, 3.8) is 0 Å². The number of rotatable bonds is 1. The van der Waals surface area contributed by atoms with Crippen LogP contribution in [0.5, 0.6) is 0 Å². The van der Waals surface area contributed by atoms with Crippen LogP contribution >= 0.6 is 0 Å². The minimum atomic E-state index is -0.347. The van der Waals surface area contributed by atoms with Crippen LogP contribution in [0, 0.1) is 5.92 Å². The first kappa shape index (κ1) is 10.3. The van der Waals surface area contributed by atoms with Crippen molar-refractivity contribution in [2.24, 2.45) is 16.8 Å². The van der Waals surface area contributed by atoms with E-state index in [2.05, 4.69) is 5.16 Å². The van der Waals surface area contributed by atoms with Gasteiger partial charge in [-0.05, 0) is 34.1 Å². The normalized spacial score (nSPS) is 32.0. The second-order valence-corrected chi connectivity index (χ2v) is 4.75. The zero-order valence-electron chi connectivity index (χ0n) is 8.66. The fourth-order valence-corrected chi connectivity index (χ4v) is 2.09. The highest BCUT2D eigenvalue weighted by Crippen LogP contribution is 2.41. The number of hydrogen-bond donors (Lipinski definition) is 2. The summed E-state index contributed by atoms with van der Waals surface area (Å²) in [7, 11) is 0. The molecule has 0 aromatic carbocycles. The minimum absolute atomic E-state index is 0.00694. The topological polar surface area (TPSA) is 67.8 Å². The molecule has 1 aliphatic rings. The first-order valence-electron chi connectivity index (χ1n) is 4.46. The first-order chi connectivity index (χ1) is 5.78. The van der Waals surface area contributed by atoms with Crippen LogP contribution < -0.4 is 5.73 Å². The van der Waals surface area contributed by atoms with E-state index in [9.17, 15) is 0 Å². The van der Waals surface area contributed by atoms with E-state index in [4.69, 9.17) is 15.7 Å². The molecule has 0 aliphatic carbocycles. The number of oxime groups is 1. The molecule has 1 aliphatic heterocycles. The zero-order valence-corrected chi connectivity index (χ0v) is 8.66. The van der Waals surface area contributed by atoms with Crippen molar-refractivity contribution in [3.05, 3.63) is 0 Å². The Morgan fingerprint density at radius 2 is 2.00 bits per heavy atom. The highest BCUT2D eigenvalue weighted by atomic mass is 16.5. The fraction of sp³-hybridized carbons (Fsp3) is 0.889. The summed E-state index contributed by atoms with van der Waals surface area (Å²) < 4.78 is 5.80. The number of nitrogens with two attached hydrogens (primary N) is 1. The third-order valence-corrected chi connectivity index (χ3v) is 2.55. The molecule has 0 amide bonds. The molecule has 1 heterocycles. The predicted octanol–water partition coefficient (Wildman–Crippen LogP) is 1.33. The summed E-state index contributed by atoms with van der Waals surface area (Å²) in [6.45, 7) is 7.95. The number of ether oxygens (including phenoxy) is 1. The molecule has 13 heavy (non-hydrogen) atoms. The van der Waals surface area contributed by atoms with Gasteiger partial charge in [-0.2, -0.15) is 0 Å². The number of amidine groups is 1. The molecular formula is C9H18N2O2. The lowest BCUT2D eigenvalue weighted by molar-refractivity contribution is -0.0693. The van der Waals surface area contributed by atoms with E-state index in [-0.39, 0.29) is 23.0 Å². The van der Waals surface area contributed by atoms with E-state index in [0.29, 0.717) is 0 Å². The van der Waals surface area contributed by atoms with Crippen LogP contribution in [-0.4, -0.2) is 22.2 Å². The third kappa shape index (κ3) is 1.94. The fourth-order valence-electron chi connectivity index (χ4n) is 2.09. The second-order valence-electron chi connectivity index (χ2n) is 4.75. The molecule has 0 aromatic rings. The molecule has 0 saturated carbocycles. The molecule has 1 rings (SSSR count). The van der Waals surface area contributed by atoms with Gasteiger partial charge in [0.15, 0.2) is 0 Å². The molecule has 0 spiro atoms. The summed E-state index contributed by atoms with van der Waals surface area (Å²) >= 11 is 0. The smallest absolute Gasteiger partial charge is 0.145 e. The largest absolute Gasteiger partial charge is 0.409 e. The molecular weight excluding hydrogens is 168 g/mol. The van der Waals surface area contributed by atoms with Crippen LogP contribution in [0.1, 0.15) is 34.1 Å². The van der Waals surface area contributed by atoms with Crippen molar-refractivity contribution in [1.82, 2.24) is 0 Å². The van der Waals surface area contributed by atoms with Gasteiger partial charge in [-0.25, -0.2) is 0 Å². The van der Waals surface area contributed by atoms with Gasteiger partial charge in [0.1, 0.15) is 5.84 Å². The Morgan fingerprint density at radius 1 is 1.46 bits per heavy atom. The highest BCUT2D eigenvalue weighted by Gasteiger charge is 2.47. The lowest BCUT2D eigenvalue weighted by Crippen LogP contribution is -2.37. The van der Waals surface area contributed by atoms with Gasteiger partial charge in [-0.1, -0.05) is 5.16 Å². The van der Waals surface area contributed by atoms with Crippen molar-refractivity contribution in [3.8, 4) is 0 Å². The molecule has 1 atom stereocenters. The van der Waals surface area contributed by atoms with Gasteiger partial charge in [-0.15, -0.1) is 0 Å². The van der Waals surface area contributed by atoms with Crippen LogP contribution in [0.4, 0.5) is 0 Å². The molecule has 0 aromatic heterocycles. The maximum absolute atomic E-state index is 8.61. The van der Waals surface area contributed by atoms with E-state index < -0.39 is 0 Å². The monoisotopic (exact) mass is 186 g/mol. The molecule has 1 saturated heterocycles. The molecule has 0 bridgehead atoms. The quantitative estimate of drug-likeness (QED) is 0.281. The van der Waals surface area contributed by atoms with Gasteiger partial charge in [-0.3, -0.25) is 0 Å². The molecule has 1 fully saturated rings. The van der Waals surface area contributed by atoms with Crippen LogP contribution in [-0.2, 0) is 4.74 Å². The summed E-state index contributed by atoms with van der Waals surface area (Å²) in [5, 5.41) is 11.7.